The predicted molar refractivity (Wildman–Crippen MR) is 84.7 cm³/mol. The van der Waals surface area contributed by atoms with Crippen LogP contribution in [0.1, 0.15) is 12.5 Å². The Morgan fingerprint density at radius 2 is 1.95 bits per heavy atom. The van der Waals surface area contributed by atoms with Gasteiger partial charge in [-0.05, 0) is 18.9 Å². The smallest absolute Gasteiger partial charge is 0.325 e. The standard InChI is InChI=1S/C15H20N2O3S/c1-3-17(10-13(18)20-2)15(19)12(14(16)21)9-11-7-5-4-6-8-11/h4-8,12H,3,9-10H2,1-2H3,(H2,16,21). The average Bonchev–Trinajstić information content (AvgIpc) is 2.50. The number of amides is 1. The summed E-state index contributed by atoms with van der Waals surface area (Å²) in [6, 6.07) is 9.51. The molecule has 0 fully saturated rings. The van der Waals surface area contributed by atoms with Crippen molar-refractivity contribution < 1.29 is 14.3 Å². The zero-order chi connectivity index (χ0) is 15.8. The minimum atomic E-state index is -0.619. The van der Waals surface area contributed by atoms with E-state index in [-0.39, 0.29) is 17.4 Å². The number of hydrogen-bond donors (Lipinski definition) is 1. The first-order valence-electron chi connectivity index (χ1n) is 6.68. The van der Waals surface area contributed by atoms with Gasteiger partial charge in [0.1, 0.15) is 6.54 Å². The molecule has 1 atom stereocenters. The van der Waals surface area contributed by atoms with Crippen molar-refractivity contribution in [1.82, 2.24) is 4.90 Å². The molecule has 6 heteroatoms. The van der Waals surface area contributed by atoms with Gasteiger partial charge in [-0.3, -0.25) is 9.59 Å². The zero-order valence-electron chi connectivity index (χ0n) is 12.2. The monoisotopic (exact) mass is 308 g/mol. The fraction of sp³-hybridized carbons (Fsp3) is 0.400. The van der Waals surface area contributed by atoms with Crippen molar-refractivity contribution in [3.8, 4) is 0 Å². The number of carbonyl (C=O) groups is 2. The Labute approximate surface area is 130 Å². The van der Waals surface area contributed by atoms with Crippen LogP contribution in [0.4, 0.5) is 0 Å². The van der Waals surface area contributed by atoms with E-state index in [0.717, 1.165) is 5.56 Å². The maximum Gasteiger partial charge on any atom is 0.325 e. The van der Waals surface area contributed by atoms with Crippen molar-refractivity contribution in [3.05, 3.63) is 35.9 Å². The molecule has 1 aromatic rings. The highest BCUT2D eigenvalue weighted by Crippen LogP contribution is 2.13. The Bertz CT molecular complexity index is 505. The molecule has 0 aliphatic rings. The Hall–Kier alpha value is -1.95. The van der Waals surface area contributed by atoms with E-state index in [1.54, 1.807) is 6.92 Å². The summed E-state index contributed by atoms with van der Waals surface area (Å²) >= 11 is 5.02. The highest BCUT2D eigenvalue weighted by Gasteiger charge is 2.27. The minimum absolute atomic E-state index is 0.0975. The fourth-order valence-corrected chi connectivity index (χ4v) is 2.13. The summed E-state index contributed by atoms with van der Waals surface area (Å²) in [6.45, 7) is 2.08. The Morgan fingerprint density at radius 1 is 1.33 bits per heavy atom. The molecular weight excluding hydrogens is 288 g/mol. The van der Waals surface area contributed by atoms with E-state index in [9.17, 15) is 9.59 Å². The summed E-state index contributed by atoms with van der Waals surface area (Å²) in [5.41, 5.74) is 6.68. The molecule has 2 N–H and O–H groups in total. The van der Waals surface area contributed by atoms with E-state index in [1.807, 2.05) is 30.3 Å². The van der Waals surface area contributed by atoms with E-state index in [4.69, 9.17) is 18.0 Å². The normalized spacial score (nSPS) is 11.5. The lowest BCUT2D eigenvalue weighted by Gasteiger charge is -2.24. The van der Waals surface area contributed by atoms with Crippen LogP contribution in [0.25, 0.3) is 0 Å². The van der Waals surface area contributed by atoms with Gasteiger partial charge in [-0.1, -0.05) is 42.5 Å². The Morgan fingerprint density at radius 3 is 2.43 bits per heavy atom. The SMILES string of the molecule is CCN(CC(=O)OC)C(=O)C(Cc1ccccc1)C(N)=S. The molecular formula is C15H20N2O3S. The van der Waals surface area contributed by atoms with Crippen molar-refractivity contribution in [2.45, 2.75) is 13.3 Å². The quantitative estimate of drug-likeness (QED) is 0.604. The van der Waals surface area contributed by atoms with Gasteiger partial charge in [0, 0.05) is 6.54 Å². The maximum atomic E-state index is 12.5. The summed E-state index contributed by atoms with van der Waals surface area (Å²) in [6.07, 6.45) is 0.423. The molecule has 0 heterocycles. The number of methoxy groups -OCH3 is 1. The summed E-state index contributed by atoms with van der Waals surface area (Å²) in [7, 11) is 1.29. The van der Waals surface area contributed by atoms with Crippen molar-refractivity contribution in [3.63, 3.8) is 0 Å². The number of nitrogens with zero attached hydrogens (tertiary/aromatic N) is 1. The molecule has 5 nitrogen and oxygen atoms in total. The highest BCUT2D eigenvalue weighted by molar-refractivity contribution is 7.80. The number of thiocarbonyl (C=S) groups is 1. The Balaban J connectivity index is 2.85. The molecule has 114 valence electrons. The van der Waals surface area contributed by atoms with Crippen LogP contribution >= 0.6 is 12.2 Å². The van der Waals surface area contributed by atoms with Crippen LogP contribution < -0.4 is 5.73 Å². The predicted octanol–water partition coefficient (Wildman–Crippen LogP) is 1.15. The number of ether oxygens (including phenoxy) is 1. The lowest BCUT2D eigenvalue weighted by atomic mass is 9.97. The zero-order valence-corrected chi connectivity index (χ0v) is 13.1. The van der Waals surface area contributed by atoms with Crippen LogP contribution in [0, 0.1) is 5.92 Å². The molecule has 1 aromatic carbocycles. The molecule has 1 rings (SSSR count). The van der Waals surface area contributed by atoms with Crippen molar-refractivity contribution in [2.24, 2.45) is 11.7 Å². The number of likely N-dealkylation sites (N-methyl/N-ethyl adjacent to an activating group) is 1. The van der Waals surface area contributed by atoms with E-state index in [1.165, 1.54) is 12.0 Å². The van der Waals surface area contributed by atoms with E-state index in [0.29, 0.717) is 13.0 Å². The lowest BCUT2D eigenvalue weighted by Crippen LogP contribution is -2.44. The second-order valence-corrected chi connectivity index (χ2v) is 5.04. The van der Waals surface area contributed by atoms with Crippen molar-refractivity contribution in [1.29, 1.82) is 0 Å². The molecule has 0 saturated heterocycles. The maximum absolute atomic E-state index is 12.5. The van der Waals surface area contributed by atoms with Gasteiger partial charge in [0.2, 0.25) is 5.91 Å². The molecule has 0 aromatic heterocycles. The number of benzene rings is 1. The van der Waals surface area contributed by atoms with Crippen LogP contribution in [-0.4, -0.2) is 42.0 Å². The minimum Gasteiger partial charge on any atom is -0.468 e. The van der Waals surface area contributed by atoms with Gasteiger partial charge >= 0.3 is 5.97 Å². The number of nitrogens with two attached hydrogens (primary N) is 1. The van der Waals surface area contributed by atoms with Gasteiger partial charge in [0.25, 0.3) is 0 Å². The summed E-state index contributed by atoms with van der Waals surface area (Å²) < 4.78 is 4.59. The van der Waals surface area contributed by atoms with E-state index in [2.05, 4.69) is 4.74 Å². The molecule has 0 spiro atoms. The highest BCUT2D eigenvalue weighted by atomic mass is 32.1. The van der Waals surface area contributed by atoms with Crippen LogP contribution in [0.3, 0.4) is 0 Å². The number of carbonyl (C=O) groups excluding carboxylic acids is 2. The van der Waals surface area contributed by atoms with Gasteiger partial charge in [-0.25, -0.2) is 0 Å². The second-order valence-electron chi connectivity index (χ2n) is 4.57. The molecule has 0 saturated carbocycles. The van der Waals surface area contributed by atoms with Crippen LogP contribution in [0.15, 0.2) is 30.3 Å². The number of hydrogen-bond acceptors (Lipinski definition) is 4. The number of esters is 1. The van der Waals surface area contributed by atoms with Crippen LogP contribution in [-0.2, 0) is 20.7 Å². The van der Waals surface area contributed by atoms with E-state index < -0.39 is 11.9 Å². The van der Waals surface area contributed by atoms with Gasteiger partial charge in [-0.15, -0.1) is 0 Å². The summed E-state index contributed by atoms with van der Waals surface area (Å²) in [5.74, 6) is -1.34. The third kappa shape index (κ3) is 5.15. The first-order chi connectivity index (χ1) is 9.99. The topological polar surface area (TPSA) is 72.6 Å². The van der Waals surface area contributed by atoms with Crippen molar-refractivity contribution >= 4 is 29.1 Å². The molecule has 1 unspecified atom stereocenters. The van der Waals surface area contributed by atoms with Crippen molar-refractivity contribution in [2.75, 3.05) is 20.2 Å². The molecule has 0 aliphatic heterocycles. The number of rotatable bonds is 7. The third-order valence-corrected chi connectivity index (χ3v) is 3.45. The fourth-order valence-electron chi connectivity index (χ4n) is 1.95. The van der Waals surface area contributed by atoms with Gasteiger partial charge in [0.05, 0.1) is 18.0 Å². The molecule has 0 aliphatic carbocycles. The molecule has 21 heavy (non-hydrogen) atoms. The first-order valence-corrected chi connectivity index (χ1v) is 7.09. The largest absolute Gasteiger partial charge is 0.468 e. The second kappa shape index (κ2) is 8.36. The van der Waals surface area contributed by atoms with Gasteiger partial charge < -0.3 is 15.4 Å². The lowest BCUT2D eigenvalue weighted by molar-refractivity contribution is -0.147. The third-order valence-electron chi connectivity index (χ3n) is 3.17. The van der Waals surface area contributed by atoms with Gasteiger partial charge in [0.15, 0.2) is 0 Å². The molecule has 1 amide bonds. The first kappa shape index (κ1) is 17.1. The summed E-state index contributed by atoms with van der Waals surface area (Å²) in [4.78, 5) is 25.4. The van der Waals surface area contributed by atoms with E-state index >= 15 is 0 Å². The average molecular weight is 308 g/mol. The Kier molecular flexibility index (Phi) is 6.81. The van der Waals surface area contributed by atoms with Gasteiger partial charge in [-0.2, -0.15) is 0 Å². The molecule has 0 radical (unpaired) electrons. The van der Waals surface area contributed by atoms with Crippen LogP contribution in [0.2, 0.25) is 0 Å². The molecule has 0 bridgehead atoms. The summed E-state index contributed by atoms with van der Waals surface area (Å²) in [5, 5.41) is 0. The van der Waals surface area contributed by atoms with Crippen LogP contribution in [0.5, 0.6) is 0 Å².